The monoisotopic (exact) mass is 283 g/mol. The number of ether oxygens (including phenoxy) is 1. The maximum absolute atomic E-state index is 11.7. The van der Waals surface area contributed by atoms with Crippen LogP contribution in [0.2, 0.25) is 0 Å². The summed E-state index contributed by atoms with van der Waals surface area (Å²) in [5.41, 5.74) is 0. The third-order valence-corrected chi connectivity index (χ3v) is 2.84. The zero-order valence-corrected chi connectivity index (χ0v) is 11.0. The SMILES string of the molecule is O=C(O)Cn1ncc(NC(=O)CCN2CCOCC2)n1. The van der Waals surface area contributed by atoms with Gasteiger partial charge >= 0.3 is 5.97 Å². The fourth-order valence-corrected chi connectivity index (χ4v) is 1.84. The van der Waals surface area contributed by atoms with Crippen molar-refractivity contribution in [2.75, 3.05) is 38.2 Å². The molecule has 0 unspecified atom stereocenters. The molecule has 0 aliphatic carbocycles. The van der Waals surface area contributed by atoms with Crippen molar-refractivity contribution in [2.45, 2.75) is 13.0 Å². The predicted octanol–water partition coefficient (Wildman–Crippen LogP) is -0.976. The van der Waals surface area contributed by atoms with Crippen molar-refractivity contribution in [1.82, 2.24) is 19.9 Å². The van der Waals surface area contributed by atoms with E-state index in [1.54, 1.807) is 0 Å². The number of aliphatic carboxylic acids is 1. The van der Waals surface area contributed by atoms with E-state index in [2.05, 4.69) is 20.4 Å². The maximum atomic E-state index is 11.7. The molecule has 0 aromatic carbocycles. The number of morpholine rings is 1. The molecule has 0 spiro atoms. The molecule has 2 rings (SSSR count). The van der Waals surface area contributed by atoms with Gasteiger partial charge in [-0.25, -0.2) is 0 Å². The first-order valence-corrected chi connectivity index (χ1v) is 6.35. The Labute approximate surface area is 115 Å². The Morgan fingerprint density at radius 2 is 2.15 bits per heavy atom. The van der Waals surface area contributed by atoms with Crippen molar-refractivity contribution >= 4 is 17.7 Å². The van der Waals surface area contributed by atoms with E-state index in [9.17, 15) is 9.59 Å². The van der Waals surface area contributed by atoms with Crippen LogP contribution in [0.4, 0.5) is 5.82 Å². The van der Waals surface area contributed by atoms with E-state index in [1.165, 1.54) is 6.20 Å². The molecule has 2 heterocycles. The highest BCUT2D eigenvalue weighted by Crippen LogP contribution is 2.02. The van der Waals surface area contributed by atoms with Crippen LogP contribution in [0.1, 0.15) is 6.42 Å². The summed E-state index contributed by atoms with van der Waals surface area (Å²) in [6, 6.07) is 0. The average Bonchev–Trinajstić information content (AvgIpc) is 2.84. The van der Waals surface area contributed by atoms with Crippen molar-refractivity contribution in [3.05, 3.63) is 6.20 Å². The number of anilines is 1. The van der Waals surface area contributed by atoms with Crippen LogP contribution < -0.4 is 5.32 Å². The molecular formula is C11H17N5O4. The molecule has 20 heavy (non-hydrogen) atoms. The Hall–Kier alpha value is -2.00. The topological polar surface area (TPSA) is 110 Å². The molecule has 1 amide bonds. The van der Waals surface area contributed by atoms with Gasteiger partial charge in [0.05, 0.1) is 19.4 Å². The van der Waals surface area contributed by atoms with Crippen molar-refractivity contribution in [2.24, 2.45) is 0 Å². The number of nitrogens with one attached hydrogen (secondary N) is 1. The second-order valence-corrected chi connectivity index (χ2v) is 4.41. The van der Waals surface area contributed by atoms with E-state index in [1.807, 2.05) is 0 Å². The molecule has 1 aliphatic heterocycles. The summed E-state index contributed by atoms with van der Waals surface area (Å²) in [4.78, 5) is 25.4. The van der Waals surface area contributed by atoms with E-state index in [0.717, 1.165) is 17.9 Å². The fraction of sp³-hybridized carbons (Fsp3) is 0.636. The number of carbonyl (C=O) groups is 2. The molecule has 1 aromatic rings. The number of rotatable bonds is 6. The Balaban J connectivity index is 1.73. The second kappa shape index (κ2) is 6.96. The molecular weight excluding hydrogens is 266 g/mol. The molecule has 0 atom stereocenters. The largest absolute Gasteiger partial charge is 0.480 e. The van der Waals surface area contributed by atoms with Crippen LogP contribution in [0.5, 0.6) is 0 Å². The Morgan fingerprint density at radius 3 is 2.85 bits per heavy atom. The molecule has 0 saturated carbocycles. The maximum Gasteiger partial charge on any atom is 0.327 e. The molecule has 0 bridgehead atoms. The van der Waals surface area contributed by atoms with Crippen molar-refractivity contribution in [1.29, 1.82) is 0 Å². The Bertz CT molecular complexity index is 469. The zero-order chi connectivity index (χ0) is 14.4. The average molecular weight is 283 g/mol. The second-order valence-electron chi connectivity index (χ2n) is 4.41. The minimum absolute atomic E-state index is 0.168. The normalized spacial score (nSPS) is 16.0. The van der Waals surface area contributed by atoms with Crippen LogP contribution >= 0.6 is 0 Å². The van der Waals surface area contributed by atoms with Crippen LogP contribution in [0, 0.1) is 0 Å². The van der Waals surface area contributed by atoms with E-state index < -0.39 is 5.97 Å². The summed E-state index contributed by atoms with van der Waals surface area (Å²) in [5.74, 6) is -0.942. The molecule has 2 N–H and O–H groups in total. The number of nitrogens with zero attached hydrogens (tertiary/aromatic N) is 4. The molecule has 1 aromatic heterocycles. The summed E-state index contributed by atoms with van der Waals surface area (Å²) in [5, 5.41) is 18.8. The van der Waals surface area contributed by atoms with Gasteiger partial charge in [-0.05, 0) is 0 Å². The lowest BCUT2D eigenvalue weighted by Crippen LogP contribution is -2.38. The van der Waals surface area contributed by atoms with Gasteiger partial charge in [-0.2, -0.15) is 9.90 Å². The van der Waals surface area contributed by atoms with Crippen LogP contribution in [0.3, 0.4) is 0 Å². The number of hydrogen-bond donors (Lipinski definition) is 2. The van der Waals surface area contributed by atoms with Gasteiger partial charge in [0, 0.05) is 26.1 Å². The van der Waals surface area contributed by atoms with Crippen LogP contribution in [0.15, 0.2) is 6.20 Å². The predicted molar refractivity (Wildman–Crippen MR) is 68.2 cm³/mol. The lowest BCUT2D eigenvalue weighted by molar-refractivity contribution is -0.138. The van der Waals surface area contributed by atoms with Gasteiger partial charge < -0.3 is 15.2 Å². The van der Waals surface area contributed by atoms with Gasteiger partial charge in [-0.3, -0.25) is 14.5 Å². The lowest BCUT2D eigenvalue weighted by atomic mass is 10.3. The molecule has 0 radical (unpaired) electrons. The third kappa shape index (κ3) is 4.59. The number of carboxylic acids is 1. The summed E-state index contributed by atoms with van der Waals surface area (Å²) < 4.78 is 5.23. The molecule has 110 valence electrons. The molecule has 1 aliphatic rings. The fourth-order valence-electron chi connectivity index (χ4n) is 1.84. The van der Waals surface area contributed by atoms with Gasteiger partial charge in [-0.15, -0.1) is 5.10 Å². The van der Waals surface area contributed by atoms with E-state index >= 15 is 0 Å². The van der Waals surface area contributed by atoms with Gasteiger partial charge in [0.25, 0.3) is 0 Å². The standard InChI is InChI=1S/C11H17N5O4/c17-10(1-2-15-3-5-20-6-4-15)13-9-7-12-16(14-9)8-11(18)19/h7H,1-6,8H2,(H,18,19)(H,13,14,17). The first-order valence-electron chi connectivity index (χ1n) is 6.35. The van der Waals surface area contributed by atoms with Crippen LogP contribution in [0.25, 0.3) is 0 Å². The minimum atomic E-state index is -1.04. The molecule has 1 fully saturated rings. The Morgan fingerprint density at radius 1 is 1.40 bits per heavy atom. The quantitative estimate of drug-likeness (QED) is 0.690. The van der Waals surface area contributed by atoms with Crippen molar-refractivity contribution in [3.8, 4) is 0 Å². The summed E-state index contributed by atoms with van der Waals surface area (Å²) in [7, 11) is 0. The first-order chi connectivity index (χ1) is 9.63. The molecule has 9 heteroatoms. The number of amides is 1. The minimum Gasteiger partial charge on any atom is -0.480 e. The highest BCUT2D eigenvalue weighted by molar-refractivity contribution is 5.89. The van der Waals surface area contributed by atoms with E-state index in [-0.39, 0.29) is 18.3 Å². The zero-order valence-electron chi connectivity index (χ0n) is 11.0. The van der Waals surface area contributed by atoms with Crippen LogP contribution in [-0.4, -0.2) is 69.7 Å². The van der Waals surface area contributed by atoms with Gasteiger partial charge in [0.15, 0.2) is 12.4 Å². The lowest BCUT2D eigenvalue weighted by Gasteiger charge is -2.26. The van der Waals surface area contributed by atoms with Crippen molar-refractivity contribution in [3.63, 3.8) is 0 Å². The highest BCUT2D eigenvalue weighted by Gasteiger charge is 2.13. The molecule has 1 saturated heterocycles. The van der Waals surface area contributed by atoms with E-state index in [4.69, 9.17) is 9.84 Å². The van der Waals surface area contributed by atoms with Crippen LogP contribution in [-0.2, 0) is 20.9 Å². The molecule has 9 nitrogen and oxygen atoms in total. The summed E-state index contributed by atoms with van der Waals surface area (Å²) in [6.45, 7) is 3.41. The van der Waals surface area contributed by atoms with Gasteiger partial charge in [-0.1, -0.05) is 0 Å². The highest BCUT2D eigenvalue weighted by atomic mass is 16.5. The number of carboxylic acid groups (broad SMARTS) is 1. The smallest absolute Gasteiger partial charge is 0.327 e. The first kappa shape index (κ1) is 14.4. The van der Waals surface area contributed by atoms with Crippen molar-refractivity contribution < 1.29 is 19.4 Å². The number of hydrogen-bond acceptors (Lipinski definition) is 6. The number of carbonyl (C=O) groups excluding carboxylic acids is 1. The number of aromatic nitrogens is 3. The van der Waals surface area contributed by atoms with Gasteiger partial charge in [0.1, 0.15) is 0 Å². The summed E-state index contributed by atoms with van der Waals surface area (Å²) >= 11 is 0. The third-order valence-electron chi connectivity index (χ3n) is 2.84. The summed E-state index contributed by atoms with van der Waals surface area (Å²) in [6.07, 6.45) is 1.68. The van der Waals surface area contributed by atoms with E-state index in [0.29, 0.717) is 26.2 Å². The Kier molecular flexibility index (Phi) is 5.02. The van der Waals surface area contributed by atoms with Gasteiger partial charge in [0.2, 0.25) is 5.91 Å².